The van der Waals surface area contributed by atoms with E-state index >= 15 is 0 Å². The lowest BCUT2D eigenvalue weighted by Gasteiger charge is -2.21. The molecular formula is C17H18ClFN2O3S. The standard InChI is InChI=1S/C17H18ClFN2O3S/c1-17(2,3)20-16(22)11-4-9-14(18)15(10-11)21-25(23,24)13-7-5-12(19)6-8-13/h4-10,21H,1-3H3,(H,20,22). The summed E-state index contributed by atoms with van der Waals surface area (Å²) < 4.78 is 40.0. The lowest BCUT2D eigenvalue weighted by molar-refractivity contribution is 0.0919. The van der Waals surface area contributed by atoms with Crippen LogP contribution in [0.15, 0.2) is 47.4 Å². The molecule has 0 saturated heterocycles. The molecule has 0 unspecified atom stereocenters. The van der Waals surface area contributed by atoms with Crippen molar-refractivity contribution < 1.29 is 17.6 Å². The molecule has 2 rings (SSSR count). The van der Waals surface area contributed by atoms with E-state index in [2.05, 4.69) is 10.0 Å². The maximum absolute atomic E-state index is 13.0. The number of hydrogen-bond acceptors (Lipinski definition) is 3. The zero-order valence-corrected chi connectivity index (χ0v) is 15.5. The number of hydrogen-bond donors (Lipinski definition) is 2. The molecule has 0 aliphatic heterocycles. The van der Waals surface area contributed by atoms with Crippen LogP contribution >= 0.6 is 11.6 Å². The Morgan fingerprint density at radius 2 is 1.68 bits per heavy atom. The van der Waals surface area contributed by atoms with Crippen LogP contribution in [-0.4, -0.2) is 19.9 Å². The molecule has 0 saturated carbocycles. The molecule has 0 spiro atoms. The van der Waals surface area contributed by atoms with Gasteiger partial charge in [0.15, 0.2) is 0 Å². The Kier molecular flexibility index (Phi) is 5.39. The van der Waals surface area contributed by atoms with Gasteiger partial charge in [0.25, 0.3) is 15.9 Å². The Bertz CT molecular complexity index is 891. The van der Waals surface area contributed by atoms with Crippen molar-refractivity contribution >= 4 is 33.2 Å². The van der Waals surface area contributed by atoms with Gasteiger partial charge >= 0.3 is 0 Å². The van der Waals surface area contributed by atoms with Crippen molar-refractivity contribution in [1.29, 1.82) is 0 Å². The van der Waals surface area contributed by atoms with Crippen LogP contribution in [-0.2, 0) is 10.0 Å². The molecule has 0 radical (unpaired) electrons. The quantitative estimate of drug-likeness (QED) is 0.841. The summed E-state index contributed by atoms with van der Waals surface area (Å²) in [5.74, 6) is -0.899. The molecule has 0 aliphatic rings. The molecule has 2 aromatic carbocycles. The minimum absolute atomic E-state index is 0.0625. The highest BCUT2D eigenvalue weighted by Crippen LogP contribution is 2.26. The zero-order valence-electron chi connectivity index (χ0n) is 13.9. The van der Waals surface area contributed by atoms with E-state index in [9.17, 15) is 17.6 Å². The third kappa shape index (κ3) is 5.17. The smallest absolute Gasteiger partial charge is 0.261 e. The van der Waals surface area contributed by atoms with Crippen LogP contribution < -0.4 is 10.0 Å². The molecule has 2 N–H and O–H groups in total. The van der Waals surface area contributed by atoms with Crippen LogP contribution in [0.4, 0.5) is 10.1 Å². The topological polar surface area (TPSA) is 75.3 Å². The van der Waals surface area contributed by atoms with Crippen molar-refractivity contribution in [2.24, 2.45) is 0 Å². The van der Waals surface area contributed by atoms with E-state index in [1.807, 2.05) is 20.8 Å². The van der Waals surface area contributed by atoms with Gasteiger partial charge in [-0.05, 0) is 63.2 Å². The minimum Gasteiger partial charge on any atom is -0.347 e. The second-order valence-corrected chi connectivity index (χ2v) is 8.55. The first-order valence-electron chi connectivity index (χ1n) is 7.38. The summed E-state index contributed by atoms with van der Waals surface area (Å²) in [4.78, 5) is 12.1. The van der Waals surface area contributed by atoms with E-state index in [0.717, 1.165) is 24.3 Å². The summed E-state index contributed by atoms with van der Waals surface area (Å²) in [7, 11) is -3.96. The number of nitrogens with one attached hydrogen (secondary N) is 2. The first-order chi connectivity index (χ1) is 11.5. The lowest BCUT2D eigenvalue weighted by Crippen LogP contribution is -2.40. The van der Waals surface area contributed by atoms with Gasteiger partial charge in [-0.2, -0.15) is 0 Å². The Morgan fingerprint density at radius 1 is 1.08 bits per heavy atom. The summed E-state index contributed by atoms with van der Waals surface area (Å²) in [5, 5.41) is 2.92. The number of carbonyl (C=O) groups is 1. The van der Waals surface area contributed by atoms with E-state index in [-0.39, 0.29) is 27.1 Å². The first kappa shape index (κ1) is 19.2. The van der Waals surface area contributed by atoms with Crippen molar-refractivity contribution in [2.75, 3.05) is 4.72 Å². The number of sulfonamides is 1. The SMILES string of the molecule is CC(C)(C)NC(=O)c1ccc(Cl)c(NS(=O)(=O)c2ccc(F)cc2)c1. The van der Waals surface area contributed by atoms with Crippen molar-refractivity contribution in [1.82, 2.24) is 5.32 Å². The maximum atomic E-state index is 13.0. The van der Waals surface area contributed by atoms with E-state index < -0.39 is 21.4 Å². The highest BCUT2D eigenvalue weighted by molar-refractivity contribution is 7.92. The highest BCUT2D eigenvalue weighted by atomic mass is 35.5. The zero-order chi connectivity index (χ0) is 18.8. The summed E-state index contributed by atoms with van der Waals surface area (Å²) in [6.45, 7) is 5.50. The molecule has 0 aliphatic carbocycles. The molecule has 8 heteroatoms. The summed E-state index contributed by atoms with van der Waals surface area (Å²) >= 11 is 6.03. The summed E-state index contributed by atoms with van der Waals surface area (Å²) in [5.41, 5.74) is -0.117. The van der Waals surface area contributed by atoms with Gasteiger partial charge in [0.05, 0.1) is 15.6 Å². The Labute approximate surface area is 151 Å². The number of benzene rings is 2. The van der Waals surface area contributed by atoms with Gasteiger partial charge in [-0.25, -0.2) is 12.8 Å². The molecule has 1 amide bonds. The molecule has 0 atom stereocenters. The Balaban J connectivity index is 2.31. The fraction of sp³-hybridized carbons (Fsp3) is 0.235. The minimum atomic E-state index is -3.96. The van der Waals surface area contributed by atoms with Crippen LogP contribution in [0.1, 0.15) is 31.1 Å². The fourth-order valence-corrected chi connectivity index (χ4v) is 3.27. The predicted octanol–water partition coefficient (Wildman–Crippen LogP) is 3.81. The number of carbonyl (C=O) groups excluding carboxylic acids is 1. The van der Waals surface area contributed by atoms with E-state index in [1.54, 1.807) is 0 Å². The lowest BCUT2D eigenvalue weighted by atomic mass is 10.1. The molecule has 0 fully saturated rings. The molecule has 5 nitrogen and oxygen atoms in total. The van der Waals surface area contributed by atoms with Gasteiger partial charge in [0.1, 0.15) is 5.82 Å². The van der Waals surface area contributed by atoms with Gasteiger partial charge < -0.3 is 5.32 Å². The van der Waals surface area contributed by atoms with Crippen LogP contribution in [0.2, 0.25) is 5.02 Å². The van der Waals surface area contributed by atoms with Crippen LogP contribution in [0.3, 0.4) is 0 Å². The molecular weight excluding hydrogens is 367 g/mol. The first-order valence-corrected chi connectivity index (χ1v) is 9.24. The van der Waals surface area contributed by atoms with E-state index in [0.29, 0.717) is 0 Å². The van der Waals surface area contributed by atoms with Crippen molar-refractivity contribution in [3.63, 3.8) is 0 Å². The van der Waals surface area contributed by atoms with Gasteiger partial charge in [-0.1, -0.05) is 11.6 Å². The van der Waals surface area contributed by atoms with Crippen LogP contribution in [0, 0.1) is 5.82 Å². The largest absolute Gasteiger partial charge is 0.347 e. The molecule has 2 aromatic rings. The predicted molar refractivity (Wildman–Crippen MR) is 95.9 cm³/mol. The van der Waals surface area contributed by atoms with Crippen molar-refractivity contribution in [3.05, 3.63) is 58.9 Å². The van der Waals surface area contributed by atoms with Crippen molar-refractivity contribution in [2.45, 2.75) is 31.2 Å². The molecule has 0 bridgehead atoms. The van der Waals surface area contributed by atoms with Gasteiger partial charge in [0.2, 0.25) is 0 Å². The van der Waals surface area contributed by atoms with Crippen LogP contribution in [0.5, 0.6) is 0 Å². The normalized spacial score (nSPS) is 11.9. The van der Waals surface area contributed by atoms with Crippen LogP contribution in [0.25, 0.3) is 0 Å². The molecule has 0 heterocycles. The number of halogens is 2. The fourth-order valence-electron chi connectivity index (χ4n) is 1.97. The monoisotopic (exact) mass is 384 g/mol. The van der Waals surface area contributed by atoms with Gasteiger partial charge in [-0.15, -0.1) is 0 Å². The third-order valence-electron chi connectivity index (χ3n) is 3.09. The average Bonchev–Trinajstić information content (AvgIpc) is 2.48. The van der Waals surface area contributed by atoms with Gasteiger partial charge in [-0.3, -0.25) is 9.52 Å². The van der Waals surface area contributed by atoms with E-state index in [1.165, 1.54) is 18.2 Å². The summed E-state index contributed by atoms with van der Waals surface area (Å²) in [6, 6.07) is 8.65. The highest BCUT2D eigenvalue weighted by Gasteiger charge is 2.19. The Morgan fingerprint density at radius 3 is 2.24 bits per heavy atom. The molecule has 0 aromatic heterocycles. The molecule has 134 valence electrons. The second-order valence-electron chi connectivity index (χ2n) is 6.46. The maximum Gasteiger partial charge on any atom is 0.261 e. The van der Waals surface area contributed by atoms with E-state index in [4.69, 9.17) is 11.6 Å². The van der Waals surface area contributed by atoms with Gasteiger partial charge in [0, 0.05) is 11.1 Å². The van der Waals surface area contributed by atoms with Crippen molar-refractivity contribution in [3.8, 4) is 0 Å². The average molecular weight is 385 g/mol. The third-order valence-corrected chi connectivity index (χ3v) is 4.80. The number of amides is 1. The number of rotatable bonds is 4. The summed E-state index contributed by atoms with van der Waals surface area (Å²) in [6.07, 6.45) is 0. The number of anilines is 1. The Hall–Kier alpha value is -2.12. The second kappa shape index (κ2) is 7.01. The molecule has 25 heavy (non-hydrogen) atoms.